The molecule has 4 nitrogen and oxygen atoms in total. The molecule has 0 aliphatic rings. The van der Waals surface area contributed by atoms with Crippen LogP contribution in [0.4, 0.5) is 0 Å². The van der Waals surface area contributed by atoms with E-state index in [1.165, 1.54) is 25.7 Å². The summed E-state index contributed by atoms with van der Waals surface area (Å²) in [5, 5.41) is 2.85. The van der Waals surface area contributed by atoms with Gasteiger partial charge in [0, 0.05) is 19.0 Å². The summed E-state index contributed by atoms with van der Waals surface area (Å²) in [5.74, 6) is 2.46. The maximum absolute atomic E-state index is 11.5. The van der Waals surface area contributed by atoms with Crippen LogP contribution < -0.4 is 5.32 Å². The molecule has 6 heteroatoms. The number of carbonyl (C=O) groups is 1. The third-order valence-electron chi connectivity index (χ3n) is 2.99. The van der Waals surface area contributed by atoms with Crippen LogP contribution in [0.25, 0.3) is 0 Å². The van der Waals surface area contributed by atoms with Crippen LogP contribution in [0.1, 0.15) is 87.0 Å². The molecule has 0 rings (SSSR count). The summed E-state index contributed by atoms with van der Waals surface area (Å²) < 4.78 is 10.9. The van der Waals surface area contributed by atoms with Gasteiger partial charge in [-0.1, -0.05) is 67.7 Å². The summed E-state index contributed by atoms with van der Waals surface area (Å²) in [4.78, 5) is 11.5. The quantitative estimate of drug-likeness (QED) is 0.204. The van der Waals surface area contributed by atoms with Gasteiger partial charge in [-0.15, -0.1) is 11.6 Å². The largest absolute Gasteiger partial charge is 0.379 e. The number of ether oxygens (including phenoxy) is 2. The van der Waals surface area contributed by atoms with Gasteiger partial charge in [0.2, 0.25) is 5.91 Å². The summed E-state index contributed by atoms with van der Waals surface area (Å²) in [5.41, 5.74) is 0. The van der Waals surface area contributed by atoms with Crippen LogP contribution in [0.5, 0.6) is 0 Å². The van der Waals surface area contributed by atoms with Gasteiger partial charge in [-0.2, -0.15) is 11.8 Å². The third kappa shape index (κ3) is 40.6. The van der Waals surface area contributed by atoms with E-state index in [1.807, 2.05) is 41.5 Å². The van der Waals surface area contributed by atoms with Gasteiger partial charge < -0.3 is 14.8 Å². The average molecular weight is 444 g/mol. The van der Waals surface area contributed by atoms with Crippen molar-refractivity contribution in [3.05, 3.63) is 0 Å². The van der Waals surface area contributed by atoms with Gasteiger partial charge in [-0.25, -0.2) is 0 Å². The van der Waals surface area contributed by atoms with Gasteiger partial charge >= 0.3 is 0 Å². The Balaban J connectivity index is -0.000000434. The van der Waals surface area contributed by atoms with Crippen LogP contribution in [0.3, 0.4) is 0 Å². The zero-order valence-corrected chi connectivity index (χ0v) is 21.5. The summed E-state index contributed by atoms with van der Waals surface area (Å²) in [6.07, 6.45) is 6.89. The molecular weight excluding hydrogens is 394 g/mol. The van der Waals surface area contributed by atoms with Crippen molar-refractivity contribution in [3.8, 4) is 0 Å². The van der Waals surface area contributed by atoms with Crippen molar-refractivity contribution < 1.29 is 14.3 Å². The Labute approximate surface area is 186 Å². The average Bonchev–Trinajstić information content (AvgIpc) is 2.76. The second kappa shape index (κ2) is 41.4. The molecule has 1 amide bonds. The van der Waals surface area contributed by atoms with Gasteiger partial charge in [0.1, 0.15) is 0 Å². The van der Waals surface area contributed by atoms with Gasteiger partial charge in [0.15, 0.2) is 0 Å². The first-order valence-electron chi connectivity index (χ1n) is 11.4. The number of nitrogens with one attached hydrogen (secondary N) is 1. The Morgan fingerprint density at radius 1 is 0.821 bits per heavy atom. The lowest BCUT2D eigenvalue weighted by Gasteiger charge is -2.07. The van der Waals surface area contributed by atoms with Crippen LogP contribution >= 0.6 is 23.4 Å². The molecule has 0 aromatic carbocycles. The Morgan fingerprint density at radius 3 is 1.96 bits per heavy atom. The van der Waals surface area contributed by atoms with Crippen molar-refractivity contribution >= 4 is 29.3 Å². The molecule has 0 aromatic rings. The van der Waals surface area contributed by atoms with Gasteiger partial charge in [-0.3, -0.25) is 4.79 Å². The number of halogens is 1. The molecule has 0 aromatic heterocycles. The summed E-state index contributed by atoms with van der Waals surface area (Å²) in [6, 6.07) is 0. The second-order valence-electron chi connectivity index (χ2n) is 5.08. The molecule has 0 radical (unpaired) electrons. The molecule has 0 aliphatic heterocycles. The standard InChI is InChI=1S/C16H32ClNO3S.3C2H6/c1-2-3-14-22-15-16(19)18-9-11-21-13-12-20-10-7-5-4-6-8-17;3*1-2/h2-15H2,1H3,(H,18,19);3*1-2H3. The maximum Gasteiger partial charge on any atom is 0.230 e. The van der Waals surface area contributed by atoms with Crippen molar-refractivity contribution in [2.24, 2.45) is 0 Å². The highest BCUT2D eigenvalue weighted by molar-refractivity contribution is 7.99. The van der Waals surface area contributed by atoms with Crippen LogP contribution in [0, 0.1) is 0 Å². The van der Waals surface area contributed by atoms with Crippen LogP contribution in [-0.4, -0.2) is 56.3 Å². The topological polar surface area (TPSA) is 47.6 Å². The second-order valence-corrected chi connectivity index (χ2v) is 6.57. The van der Waals surface area contributed by atoms with Gasteiger partial charge in [0.05, 0.1) is 25.6 Å². The van der Waals surface area contributed by atoms with Gasteiger partial charge in [0.25, 0.3) is 0 Å². The van der Waals surface area contributed by atoms with E-state index in [9.17, 15) is 4.79 Å². The molecule has 0 saturated carbocycles. The molecule has 0 fully saturated rings. The Bertz CT molecular complexity index is 248. The van der Waals surface area contributed by atoms with E-state index >= 15 is 0 Å². The Morgan fingerprint density at radius 2 is 1.39 bits per heavy atom. The lowest BCUT2D eigenvalue weighted by molar-refractivity contribution is -0.118. The summed E-state index contributed by atoms with van der Waals surface area (Å²) in [7, 11) is 0. The number of alkyl halides is 1. The predicted octanol–water partition coefficient (Wildman–Crippen LogP) is 6.55. The molecule has 1 N–H and O–H groups in total. The lowest BCUT2D eigenvalue weighted by Crippen LogP contribution is -2.29. The smallest absolute Gasteiger partial charge is 0.230 e. The highest BCUT2D eigenvalue weighted by atomic mass is 35.5. The minimum atomic E-state index is 0.0953. The Kier molecular flexibility index (Phi) is 52.5. The van der Waals surface area contributed by atoms with Crippen molar-refractivity contribution in [3.63, 3.8) is 0 Å². The molecule has 0 atom stereocenters. The van der Waals surface area contributed by atoms with E-state index in [4.69, 9.17) is 21.1 Å². The third-order valence-corrected chi connectivity index (χ3v) is 4.30. The normalized spacial score (nSPS) is 9.14. The number of hydrogen-bond acceptors (Lipinski definition) is 4. The minimum Gasteiger partial charge on any atom is -0.379 e. The van der Waals surface area contributed by atoms with Crippen LogP contribution in [-0.2, 0) is 14.3 Å². The highest BCUT2D eigenvalue weighted by Crippen LogP contribution is 2.03. The first-order valence-corrected chi connectivity index (χ1v) is 13.1. The van der Waals surface area contributed by atoms with E-state index in [-0.39, 0.29) is 5.91 Å². The van der Waals surface area contributed by atoms with Crippen LogP contribution in [0.2, 0.25) is 0 Å². The lowest BCUT2D eigenvalue weighted by atomic mass is 10.2. The molecule has 0 aliphatic carbocycles. The zero-order chi connectivity index (χ0) is 22.3. The predicted molar refractivity (Wildman–Crippen MR) is 130 cm³/mol. The molecule has 0 bridgehead atoms. The molecule has 0 spiro atoms. The molecule has 0 heterocycles. The number of amides is 1. The van der Waals surface area contributed by atoms with Crippen molar-refractivity contribution in [2.45, 2.75) is 87.0 Å². The van der Waals surface area contributed by atoms with Crippen molar-refractivity contribution in [1.29, 1.82) is 0 Å². The van der Waals surface area contributed by atoms with E-state index in [0.29, 0.717) is 32.1 Å². The van der Waals surface area contributed by atoms with Crippen LogP contribution in [0.15, 0.2) is 0 Å². The monoisotopic (exact) mass is 443 g/mol. The number of hydrogen-bond donors (Lipinski definition) is 1. The highest BCUT2D eigenvalue weighted by Gasteiger charge is 2.00. The molecule has 0 saturated heterocycles. The maximum atomic E-state index is 11.5. The van der Waals surface area contributed by atoms with Gasteiger partial charge in [-0.05, 0) is 25.0 Å². The number of rotatable bonds is 17. The first kappa shape index (κ1) is 35.5. The molecular formula is C22H50ClNO3S. The fraction of sp³-hybridized carbons (Fsp3) is 0.955. The van der Waals surface area contributed by atoms with E-state index in [1.54, 1.807) is 11.8 Å². The zero-order valence-electron chi connectivity index (χ0n) is 19.9. The number of carbonyl (C=O) groups excluding carboxylic acids is 1. The summed E-state index contributed by atoms with van der Waals surface area (Å²) in [6.45, 7) is 17.3. The number of unbranched alkanes of at least 4 members (excludes halogenated alkanes) is 4. The fourth-order valence-corrected chi connectivity index (χ4v) is 2.81. The van der Waals surface area contributed by atoms with E-state index in [2.05, 4.69) is 12.2 Å². The first-order chi connectivity index (χ1) is 13.8. The van der Waals surface area contributed by atoms with E-state index in [0.717, 1.165) is 31.1 Å². The fourth-order valence-electron chi connectivity index (χ4n) is 1.70. The summed E-state index contributed by atoms with van der Waals surface area (Å²) >= 11 is 7.30. The Hall–Kier alpha value is 0.0300. The van der Waals surface area contributed by atoms with E-state index < -0.39 is 0 Å². The number of thioether (sulfide) groups is 1. The molecule has 0 unspecified atom stereocenters. The van der Waals surface area contributed by atoms with Crippen molar-refractivity contribution in [1.82, 2.24) is 5.32 Å². The minimum absolute atomic E-state index is 0.0953. The van der Waals surface area contributed by atoms with Crippen molar-refractivity contribution in [2.75, 3.05) is 50.4 Å². The SMILES string of the molecule is CC.CC.CC.CCCCSCC(=O)NCCOCCOCCCCCCCl. The molecule has 174 valence electrons. The molecule has 28 heavy (non-hydrogen) atoms.